The van der Waals surface area contributed by atoms with E-state index in [1.54, 1.807) is 6.07 Å². The van der Waals surface area contributed by atoms with Crippen LogP contribution < -0.4 is 9.64 Å². The predicted molar refractivity (Wildman–Crippen MR) is 69.4 cm³/mol. The van der Waals surface area contributed by atoms with Gasteiger partial charge < -0.3 is 9.64 Å². The minimum Gasteiger partial charge on any atom is -0.490 e. The fourth-order valence-corrected chi connectivity index (χ4v) is 2.02. The quantitative estimate of drug-likeness (QED) is 0.468. The molecule has 0 saturated heterocycles. The van der Waals surface area contributed by atoms with E-state index >= 15 is 0 Å². The van der Waals surface area contributed by atoms with E-state index in [9.17, 15) is 4.79 Å². The highest BCUT2D eigenvalue weighted by Gasteiger charge is 2.18. The fourth-order valence-electron chi connectivity index (χ4n) is 1.87. The Morgan fingerprint density at radius 1 is 1.59 bits per heavy atom. The van der Waals surface area contributed by atoms with Crippen LogP contribution in [0.5, 0.6) is 5.75 Å². The third kappa shape index (κ3) is 2.44. The van der Waals surface area contributed by atoms with Crippen LogP contribution in [0.4, 0.5) is 5.69 Å². The second-order valence-corrected chi connectivity index (χ2v) is 4.09. The maximum atomic E-state index is 11.6. The molecule has 0 spiro atoms. The van der Waals surface area contributed by atoms with Crippen molar-refractivity contribution in [3.63, 3.8) is 0 Å². The van der Waals surface area contributed by atoms with Crippen LogP contribution in [-0.2, 0) is 0 Å². The van der Waals surface area contributed by atoms with Crippen molar-refractivity contribution in [3.8, 4) is 5.75 Å². The Bertz CT molecular complexity index is 445. The Morgan fingerprint density at radius 2 is 2.41 bits per heavy atom. The van der Waals surface area contributed by atoms with Gasteiger partial charge in [0.25, 0.3) is 0 Å². The first-order valence-corrected chi connectivity index (χ1v) is 6.01. The number of alkyl halides is 1. The molecule has 90 valence electrons. The summed E-state index contributed by atoms with van der Waals surface area (Å²) in [6, 6.07) is 5.41. The number of nitrogens with zero attached hydrogens (tertiary/aromatic N) is 1. The Hall–Kier alpha value is -1.48. The standard InChI is InChI=1S/C13H14ClNO2/c1-2-5-15-6-7-17-13-4-3-10(8-11(13)15)12(16)9-14/h2-4,8H,1,5-7,9H2. The van der Waals surface area contributed by atoms with E-state index in [2.05, 4.69) is 11.5 Å². The van der Waals surface area contributed by atoms with Crippen molar-refractivity contribution in [1.29, 1.82) is 0 Å². The summed E-state index contributed by atoms with van der Waals surface area (Å²) >= 11 is 5.56. The van der Waals surface area contributed by atoms with Gasteiger partial charge in [-0.1, -0.05) is 6.08 Å². The summed E-state index contributed by atoms with van der Waals surface area (Å²) in [4.78, 5) is 13.7. The molecule has 17 heavy (non-hydrogen) atoms. The zero-order valence-electron chi connectivity index (χ0n) is 9.49. The van der Waals surface area contributed by atoms with Crippen molar-refractivity contribution in [2.24, 2.45) is 0 Å². The van der Waals surface area contributed by atoms with Crippen molar-refractivity contribution < 1.29 is 9.53 Å². The van der Waals surface area contributed by atoms with Gasteiger partial charge in [-0.05, 0) is 18.2 Å². The lowest BCUT2D eigenvalue weighted by molar-refractivity contribution is 0.102. The number of carbonyl (C=O) groups is 1. The third-order valence-corrected chi connectivity index (χ3v) is 2.95. The topological polar surface area (TPSA) is 29.5 Å². The van der Waals surface area contributed by atoms with Gasteiger partial charge in [-0.2, -0.15) is 0 Å². The van der Waals surface area contributed by atoms with Gasteiger partial charge in [-0.25, -0.2) is 0 Å². The average Bonchev–Trinajstić information content (AvgIpc) is 2.38. The maximum Gasteiger partial charge on any atom is 0.177 e. The second kappa shape index (κ2) is 5.23. The minimum atomic E-state index is -0.0707. The molecule has 0 bridgehead atoms. The Labute approximate surface area is 106 Å². The summed E-state index contributed by atoms with van der Waals surface area (Å²) in [5.74, 6) is 0.740. The lowest BCUT2D eigenvalue weighted by Gasteiger charge is -2.30. The van der Waals surface area contributed by atoms with Gasteiger partial charge in [-0.15, -0.1) is 18.2 Å². The SMILES string of the molecule is C=CCN1CCOc2ccc(C(=O)CCl)cc21. The van der Waals surface area contributed by atoms with E-state index < -0.39 is 0 Å². The second-order valence-electron chi connectivity index (χ2n) is 3.82. The summed E-state index contributed by atoms with van der Waals surface area (Å²) in [6.45, 7) is 5.94. The first-order valence-electron chi connectivity index (χ1n) is 5.48. The molecule has 0 atom stereocenters. The van der Waals surface area contributed by atoms with E-state index in [0.29, 0.717) is 12.2 Å². The maximum absolute atomic E-state index is 11.6. The van der Waals surface area contributed by atoms with Crippen LogP contribution in [0.15, 0.2) is 30.9 Å². The highest BCUT2D eigenvalue weighted by molar-refractivity contribution is 6.30. The number of Topliss-reactive ketones (excluding diaryl/α,β-unsaturated/α-hetero) is 1. The van der Waals surface area contributed by atoms with Crippen LogP contribution in [0, 0.1) is 0 Å². The molecule has 1 aliphatic heterocycles. The number of hydrogen-bond donors (Lipinski definition) is 0. The summed E-state index contributed by atoms with van der Waals surface area (Å²) in [7, 11) is 0. The van der Waals surface area contributed by atoms with Crippen LogP contribution in [0.2, 0.25) is 0 Å². The van der Waals surface area contributed by atoms with E-state index in [1.807, 2.05) is 18.2 Å². The highest BCUT2D eigenvalue weighted by atomic mass is 35.5. The van der Waals surface area contributed by atoms with E-state index in [1.165, 1.54) is 0 Å². The molecule has 1 aromatic rings. The monoisotopic (exact) mass is 251 g/mol. The third-order valence-electron chi connectivity index (χ3n) is 2.71. The zero-order chi connectivity index (χ0) is 12.3. The highest BCUT2D eigenvalue weighted by Crippen LogP contribution is 2.32. The van der Waals surface area contributed by atoms with Crippen LogP contribution in [0.1, 0.15) is 10.4 Å². The molecular formula is C13H14ClNO2. The summed E-state index contributed by atoms with van der Waals surface area (Å²) in [5, 5.41) is 0. The summed E-state index contributed by atoms with van der Waals surface area (Å²) in [6.07, 6.45) is 1.84. The molecule has 0 amide bonds. The van der Waals surface area contributed by atoms with E-state index in [0.717, 1.165) is 24.5 Å². The smallest absolute Gasteiger partial charge is 0.177 e. The summed E-state index contributed by atoms with van der Waals surface area (Å²) in [5.41, 5.74) is 1.56. The van der Waals surface area contributed by atoms with Crippen LogP contribution in [0.25, 0.3) is 0 Å². The largest absolute Gasteiger partial charge is 0.490 e. The van der Waals surface area contributed by atoms with Crippen molar-refractivity contribution >= 4 is 23.1 Å². The molecule has 0 radical (unpaired) electrons. The van der Waals surface area contributed by atoms with Crippen LogP contribution in [-0.4, -0.2) is 31.4 Å². The van der Waals surface area contributed by atoms with E-state index in [4.69, 9.17) is 16.3 Å². The van der Waals surface area contributed by atoms with E-state index in [-0.39, 0.29) is 11.7 Å². The summed E-state index contributed by atoms with van der Waals surface area (Å²) < 4.78 is 5.55. The minimum absolute atomic E-state index is 0.00109. The molecule has 0 aromatic heterocycles. The molecule has 1 aliphatic rings. The number of ketones is 1. The van der Waals surface area contributed by atoms with Crippen molar-refractivity contribution in [2.45, 2.75) is 0 Å². The number of hydrogen-bond acceptors (Lipinski definition) is 3. The van der Waals surface area contributed by atoms with Gasteiger partial charge >= 0.3 is 0 Å². The van der Waals surface area contributed by atoms with Crippen molar-refractivity contribution in [2.75, 3.05) is 30.5 Å². The molecule has 0 unspecified atom stereocenters. The number of benzene rings is 1. The van der Waals surface area contributed by atoms with Crippen molar-refractivity contribution in [1.82, 2.24) is 0 Å². The first-order chi connectivity index (χ1) is 8.26. The Morgan fingerprint density at radius 3 is 3.12 bits per heavy atom. The van der Waals surface area contributed by atoms with Crippen molar-refractivity contribution in [3.05, 3.63) is 36.4 Å². The molecule has 0 N–H and O–H groups in total. The molecule has 1 aromatic carbocycles. The average molecular weight is 252 g/mol. The number of halogens is 1. The van der Waals surface area contributed by atoms with Gasteiger partial charge in [0.05, 0.1) is 18.1 Å². The van der Waals surface area contributed by atoms with Gasteiger partial charge in [0.1, 0.15) is 12.4 Å². The number of ether oxygens (including phenoxy) is 1. The van der Waals surface area contributed by atoms with Crippen LogP contribution >= 0.6 is 11.6 Å². The Balaban J connectivity index is 2.36. The van der Waals surface area contributed by atoms with Gasteiger partial charge in [0.15, 0.2) is 5.78 Å². The molecule has 0 fully saturated rings. The number of carbonyl (C=O) groups excluding carboxylic acids is 1. The lowest BCUT2D eigenvalue weighted by atomic mass is 10.1. The molecule has 2 rings (SSSR count). The number of fused-ring (bicyclic) bond motifs is 1. The van der Waals surface area contributed by atoms with Crippen LogP contribution in [0.3, 0.4) is 0 Å². The molecule has 4 heteroatoms. The molecule has 0 saturated carbocycles. The number of rotatable bonds is 4. The van der Waals surface area contributed by atoms with Gasteiger partial charge in [-0.3, -0.25) is 4.79 Å². The molecule has 1 heterocycles. The van der Waals surface area contributed by atoms with Gasteiger partial charge in [0, 0.05) is 12.1 Å². The predicted octanol–water partition coefficient (Wildman–Crippen LogP) is 2.49. The molecule has 3 nitrogen and oxygen atoms in total. The first kappa shape index (κ1) is 12.0. The molecular weight excluding hydrogens is 238 g/mol. The lowest BCUT2D eigenvalue weighted by Crippen LogP contribution is -2.32. The normalized spacial score (nSPS) is 13.8. The Kier molecular flexibility index (Phi) is 3.69. The fraction of sp³-hybridized carbons (Fsp3) is 0.308. The number of anilines is 1. The zero-order valence-corrected chi connectivity index (χ0v) is 10.2. The molecule has 0 aliphatic carbocycles. The van der Waals surface area contributed by atoms with Gasteiger partial charge in [0.2, 0.25) is 0 Å².